The molecule has 1 aliphatic heterocycles. The molecule has 2 aromatic carbocycles. The van der Waals surface area contributed by atoms with Gasteiger partial charge in [0.05, 0.1) is 6.04 Å². The minimum atomic E-state index is -1.40. The molecule has 4 nitrogen and oxygen atoms in total. The highest BCUT2D eigenvalue weighted by molar-refractivity contribution is 5.54. The Morgan fingerprint density at radius 2 is 1.69 bits per heavy atom. The van der Waals surface area contributed by atoms with Gasteiger partial charge in [-0.05, 0) is 43.7 Å². The molecule has 1 fully saturated rings. The molecule has 1 saturated heterocycles. The smallest absolute Gasteiger partial charge is 0.203 e. The first kappa shape index (κ1) is 20.9. The van der Waals surface area contributed by atoms with E-state index >= 15 is 0 Å². The molecule has 2 aromatic rings. The summed E-state index contributed by atoms with van der Waals surface area (Å²) in [4.78, 5) is 15.2. The molecular formula is C21H20F4N2O2. The maximum atomic E-state index is 13.8. The predicted octanol–water partition coefficient (Wildman–Crippen LogP) is 3.89. The van der Waals surface area contributed by atoms with Crippen LogP contribution in [0.15, 0.2) is 42.1 Å². The molecular weight excluding hydrogens is 388 g/mol. The Hall–Kier alpha value is -2.83. The van der Waals surface area contributed by atoms with Crippen LogP contribution in [-0.4, -0.2) is 41.1 Å². The van der Waals surface area contributed by atoms with E-state index in [0.717, 1.165) is 11.6 Å². The number of hydrogen-bond acceptors (Lipinski definition) is 4. The molecule has 1 aliphatic rings. The molecule has 1 heterocycles. The van der Waals surface area contributed by atoms with Gasteiger partial charge < -0.3 is 9.64 Å². The van der Waals surface area contributed by atoms with E-state index in [1.165, 1.54) is 12.1 Å². The number of piperazine rings is 1. The van der Waals surface area contributed by atoms with Crippen molar-refractivity contribution < 1.29 is 27.1 Å². The minimum absolute atomic E-state index is 0.154. The van der Waals surface area contributed by atoms with E-state index in [1.807, 2.05) is 17.8 Å². The zero-order valence-corrected chi connectivity index (χ0v) is 16.0. The highest BCUT2D eigenvalue weighted by atomic mass is 19.2. The quantitative estimate of drug-likeness (QED) is 0.427. The van der Waals surface area contributed by atoms with Crippen molar-refractivity contribution in [3.05, 3.63) is 70.9 Å². The molecule has 0 unspecified atom stereocenters. The minimum Gasteiger partial charge on any atom is -0.472 e. The van der Waals surface area contributed by atoms with Crippen molar-refractivity contribution in [2.45, 2.75) is 32.5 Å². The Kier molecular flexibility index (Phi) is 6.25. The first-order chi connectivity index (χ1) is 13.8. The zero-order valence-electron chi connectivity index (χ0n) is 16.0. The van der Waals surface area contributed by atoms with Crippen molar-refractivity contribution in [1.29, 1.82) is 0 Å². The molecule has 0 saturated carbocycles. The molecule has 0 N–H and O–H groups in total. The molecule has 0 spiro atoms. The lowest BCUT2D eigenvalue weighted by Crippen LogP contribution is -2.55. The lowest BCUT2D eigenvalue weighted by Gasteiger charge is -2.45. The zero-order chi connectivity index (χ0) is 21.1. The topological polar surface area (TPSA) is 32.8 Å². The van der Waals surface area contributed by atoms with Gasteiger partial charge in [0.15, 0.2) is 17.4 Å². The molecule has 8 heteroatoms. The van der Waals surface area contributed by atoms with Gasteiger partial charge in [-0.2, -0.15) is 4.39 Å². The molecule has 29 heavy (non-hydrogen) atoms. The molecule has 0 bridgehead atoms. The van der Waals surface area contributed by atoms with Crippen LogP contribution in [0, 0.1) is 23.3 Å². The third kappa shape index (κ3) is 4.44. The van der Waals surface area contributed by atoms with E-state index in [4.69, 9.17) is 4.74 Å². The first-order valence-corrected chi connectivity index (χ1v) is 9.08. The molecule has 0 radical (unpaired) electrons. The second-order valence-corrected chi connectivity index (χ2v) is 6.98. The first-order valence-electron chi connectivity index (χ1n) is 9.08. The summed E-state index contributed by atoms with van der Waals surface area (Å²) in [5.74, 6) is -2.82. The summed E-state index contributed by atoms with van der Waals surface area (Å²) < 4.78 is 59.3. The van der Waals surface area contributed by atoms with E-state index < -0.39 is 29.2 Å². The Morgan fingerprint density at radius 1 is 1.03 bits per heavy atom. The normalized spacial score (nSPS) is 19.9. The van der Waals surface area contributed by atoms with Gasteiger partial charge in [-0.25, -0.2) is 18.0 Å². The maximum Gasteiger partial charge on any atom is 0.203 e. The van der Waals surface area contributed by atoms with Gasteiger partial charge in [0.25, 0.3) is 0 Å². The monoisotopic (exact) mass is 408 g/mol. The molecule has 0 aromatic heterocycles. The maximum absolute atomic E-state index is 13.8. The fourth-order valence-corrected chi connectivity index (χ4v) is 3.37. The highest BCUT2D eigenvalue weighted by Crippen LogP contribution is 2.28. The number of ether oxygens (including phenoxy) is 1. The van der Waals surface area contributed by atoms with Crippen LogP contribution in [0.5, 0.6) is 5.75 Å². The average Bonchev–Trinajstić information content (AvgIpc) is 2.70. The van der Waals surface area contributed by atoms with Crippen molar-refractivity contribution >= 4 is 5.94 Å². The number of nitrogens with zero attached hydrogens (tertiary/aromatic N) is 2. The van der Waals surface area contributed by atoms with Crippen molar-refractivity contribution in [1.82, 2.24) is 9.80 Å². The third-order valence-corrected chi connectivity index (χ3v) is 5.03. The van der Waals surface area contributed by atoms with Crippen LogP contribution < -0.4 is 4.74 Å². The number of halogens is 4. The number of benzene rings is 2. The Labute approximate surface area is 166 Å². The largest absolute Gasteiger partial charge is 0.472 e. The molecule has 3 rings (SSSR count). The van der Waals surface area contributed by atoms with Crippen LogP contribution in [0.25, 0.3) is 0 Å². The summed E-state index contributed by atoms with van der Waals surface area (Å²) in [5.41, 5.74) is 1.17. The van der Waals surface area contributed by atoms with E-state index in [9.17, 15) is 22.4 Å². The Bertz CT molecular complexity index is 929. The van der Waals surface area contributed by atoms with Crippen molar-refractivity contribution in [3.8, 4) is 5.75 Å². The summed E-state index contributed by atoms with van der Waals surface area (Å²) >= 11 is 0. The highest BCUT2D eigenvalue weighted by Gasteiger charge is 2.34. The van der Waals surface area contributed by atoms with E-state index in [1.54, 1.807) is 24.0 Å². The van der Waals surface area contributed by atoms with Crippen LogP contribution in [0.4, 0.5) is 17.6 Å². The van der Waals surface area contributed by atoms with Gasteiger partial charge in [-0.3, -0.25) is 4.90 Å². The van der Waals surface area contributed by atoms with Crippen molar-refractivity contribution in [3.63, 3.8) is 0 Å². The second kappa shape index (κ2) is 8.68. The standard InChI is InChI=1S/C21H20F4N2O2/c1-13-9-26(12-29-21-18(24)8-7-17(23)20(21)25)14(2)19(11-28)27(13)10-15-3-5-16(22)6-4-15/h3-8,13-14H,9-10,12H2,1-2H3/t13-,14+/m1/s1. The molecule has 0 amide bonds. The molecule has 0 aliphatic carbocycles. The number of rotatable bonds is 5. The van der Waals surface area contributed by atoms with Gasteiger partial charge in [0.1, 0.15) is 24.2 Å². The van der Waals surface area contributed by atoms with Crippen LogP contribution in [0.1, 0.15) is 19.4 Å². The summed E-state index contributed by atoms with van der Waals surface area (Å²) in [6.45, 7) is 4.19. The van der Waals surface area contributed by atoms with Crippen LogP contribution >= 0.6 is 0 Å². The Balaban J connectivity index is 1.74. The van der Waals surface area contributed by atoms with Crippen LogP contribution in [0.3, 0.4) is 0 Å². The summed E-state index contributed by atoms with van der Waals surface area (Å²) in [7, 11) is 0. The van der Waals surface area contributed by atoms with Crippen LogP contribution in [0.2, 0.25) is 0 Å². The van der Waals surface area contributed by atoms with E-state index in [2.05, 4.69) is 0 Å². The SMILES string of the molecule is C[C@@H]1CN(COc2c(F)ccc(F)c2F)[C@@H](C)C(=C=O)N1Cc1ccc(F)cc1. The second-order valence-electron chi connectivity index (χ2n) is 6.98. The lowest BCUT2D eigenvalue weighted by molar-refractivity contribution is 0.0254. The Morgan fingerprint density at radius 3 is 2.34 bits per heavy atom. The lowest BCUT2D eigenvalue weighted by atomic mass is 10.0. The van der Waals surface area contributed by atoms with E-state index in [0.29, 0.717) is 24.9 Å². The van der Waals surface area contributed by atoms with Gasteiger partial charge in [-0.15, -0.1) is 0 Å². The average molecular weight is 408 g/mol. The summed E-state index contributed by atoms with van der Waals surface area (Å²) in [6, 6.07) is 6.84. The fraction of sp³-hybridized carbons (Fsp3) is 0.333. The number of carbonyl (C=O) groups excluding carboxylic acids is 1. The predicted molar refractivity (Wildman–Crippen MR) is 98.6 cm³/mol. The van der Waals surface area contributed by atoms with Gasteiger partial charge in [0, 0.05) is 19.1 Å². The fourth-order valence-electron chi connectivity index (χ4n) is 3.37. The summed E-state index contributed by atoms with van der Waals surface area (Å²) in [6.07, 6.45) is 0. The van der Waals surface area contributed by atoms with Crippen LogP contribution in [-0.2, 0) is 11.3 Å². The van der Waals surface area contributed by atoms with Crippen molar-refractivity contribution in [2.75, 3.05) is 13.3 Å². The van der Waals surface area contributed by atoms with Gasteiger partial charge in [-0.1, -0.05) is 12.1 Å². The van der Waals surface area contributed by atoms with Gasteiger partial charge >= 0.3 is 0 Å². The number of hydrogen-bond donors (Lipinski definition) is 0. The molecule has 2 atom stereocenters. The van der Waals surface area contributed by atoms with Gasteiger partial charge in [0.2, 0.25) is 5.82 Å². The van der Waals surface area contributed by atoms with E-state index in [-0.39, 0.29) is 18.6 Å². The van der Waals surface area contributed by atoms with Crippen molar-refractivity contribution in [2.24, 2.45) is 0 Å². The molecule has 154 valence electrons. The summed E-state index contributed by atoms with van der Waals surface area (Å²) in [5, 5.41) is 0. The third-order valence-electron chi connectivity index (χ3n) is 5.03.